The molecule has 13 heteroatoms. The summed E-state index contributed by atoms with van der Waals surface area (Å²) in [5.74, 6) is 0.0554. The van der Waals surface area contributed by atoms with Crippen LogP contribution in [-0.2, 0) is 32.6 Å². The molecule has 4 rings (SSSR count). The van der Waals surface area contributed by atoms with E-state index in [1.54, 1.807) is 12.1 Å². The highest BCUT2D eigenvalue weighted by molar-refractivity contribution is 9.10. The van der Waals surface area contributed by atoms with Gasteiger partial charge in [-0.05, 0) is 60.9 Å². The molecule has 0 spiro atoms. The van der Waals surface area contributed by atoms with Crippen molar-refractivity contribution in [3.8, 4) is 23.0 Å². The molecule has 0 heterocycles. The largest absolute Gasteiger partial charge is 0.497 e. The number of halogens is 1. The maximum atomic E-state index is 14.9. The second-order valence-electron chi connectivity index (χ2n) is 11.7. The maximum absolute atomic E-state index is 14.9. The van der Waals surface area contributed by atoms with Crippen molar-refractivity contribution in [3.05, 3.63) is 107 Å². The average molecular weight is 783 g/mol. The number of nitrogens with zero attached hydrogens (tertiary/aromatic N) is 2. The Balaban J connectivity index is 1.90. The first-order chi connectivity index (χ1) is 24.4. The summed E-state index contributed by atoms with van der Waals surface area (Å²) < 4.78 is 52.9. The molecule has 0 fully saturated rings. The molecule has 2 atom stereocenters. The second kappa shape index (κ2) is 18.0. The van der Waals surface area contributed by atoms with Gasteiger partial charge in [0.25, 0.3) is 10.0 Å². The quantitative estimate of drug-likeness (QED) is 0.134. The fourth-order valence-corrected chi connectivity index (χ4v) is 7.32. The highest BCUT2D eigenvalue weighted by Crippen LogP contribution is 2.38. The number of ether oxygens (including phenoxy) is 4. The Kier molecular flexibility index (Phi) is 13.7. The third-order valence-corrected chi connectivity index (χ3v) is 10.6. The number of carbonyl (C=O) groups is 2. The summed E-state index contributed by atoms with van der Waals surface area (Å²) >= 11 is 3.51. The van der Waals surface area contributed by atoms with Gasteiger partial charge in [-0.3, -0.25) is 13.9 Å². The van der Waals surface area contributed by atoms with Gasteiger partial charge in [0.15, 0.2) is 11.5 Å². The fourth-order valence-electron chi connectivity index (χ4n) is 5.44. The minimum atomic E-state index is -4.50. The smallest absolute Gasteiger partial charge is 0.265 e. The number of hydrogen-bond donors (Lipinski definition) is 1. The van der Waals surface area contributed by atoms with Crippen LogP contribution in [0.15, 0.2) is 100 Å². The van der Waals surface area contributed by atoms with Crippen molar-refractivity contribution in [3.63, 3.8) is 0 Å². The van der Waals surface area contributed by atoms with E-state index in [0.29, 0.717) is 17.9 Å². The maximum Gasteiger partial charge on any atom is 0.265 e. The average Bonchev–Trinajstić information content (AvgIpc) is 3.14. The van der Waals surface area contributed by atoms with Crippen LogP contribution in [0.2, 0.25) is 0 Å². The number of hydrogen-bond acceptors (Lipinski definition) is 8. The Morgan fingerprint density at radius 3 is 2.08 bits per heavy atom. The highest BCUT2D eigenvalue weighted by atomic mass is 79.9. The van der Waals surface area contributed by atoms with Crippen LogP contribution in [0.5, 0.6) is 23.0 Å². The summed E-state index contributed by atoms with van der Waals surface area (Å²) in [6.45, 7) is 3.18. The van der Waals surface area contributed by atoms with Crippen LogP contribution in [0.4, 0.5) is 5.69 Å². The van der Waals surface area contributed by atoms with Crippen LogP contribution in [0.1, 0.15) is 31.4 Å². The molecule has 0 bridgehead atoms. The van der Waals surface area contributed by atoms with Crippen molar-refractivity contribution in [2.24, 2.45) is 0 Å². The minimum absolute atomic E-state index is 0.0171. The highest BCUT2D eigenvalue weighted by Gasteiger charge is 2.36. The molecule has 0 aliphatic rings. The van der Waals surface area contributed by atoms with Gasteiger partial charge in [0.05, 0.1) is 39.0 Å². The number of carbonyl (C=O) groups excluding carboxylic acids is 2. The van der Waals surface area contributed by atoms with E-state index < -0.39 is 28.5 Å². The summed E-state index contributed by atoms with van der Waals surface area (Å²) in [7, 11) is 1.21. The lowest BCUT2D eigenvalue weighted by atomic mass is 10.0. The van der Waals surface area contributed by atoms with Crippen LogP contribution < -0.4 is 28.6 Å². The Hall–Kier alpha value is -4.75. The summed E-state index contributed by atoms with van der Waals surface area (Å²) in [5, 5.41) is 3.04. The van der Waals surface area contributed by atoms with E-state index in [2.05, 4.69) is 21.2 Å². The van der Waals surface area contributed by atoms with Crippen LogP contribution in [-0.4, -0.2) is 72.2 Å². The molecular weight excluding hydrogens is 738 g/mol. The van der Waals surface area contributed by atoms with E-state index >= 15 is 0 Å². The van der Waals surface area contributed by atoms with Crippen molar-refractivity contribution in [2.45, 2.75) is 50.2 Å². The van der Waals surface area contributed by atoms with Crippen molar-refractivity contribution >= 4 is 43.5 Å². The Labute approximate surface area is 308 Å². The zero-order chi connectivity index (χ0) is 37.1. The van der Waals surface area contributed by atoms with Crippen molar-refractivity contribution in [2.75, 3.05) is 39.3 Å². The first kappa shape index (κ1) is 39.0. The number of rotatable bonds is 17. The molecule has 2 amide bonds. The first-order valence-corrected chi connectivity index (χ1v) is 18.5. The zero-order valence-electron chi connectivity index (χ0n) is 29.6. The standard InChI is InChI=1S/C38H44BrN3O8S/c1-7-26(2)40-38(44)33(21-27-12-9-8-10-13-27)41(24-28-14-11-15-29(39)20-28)37(43)25-42(32-22-30(47-3)16-18-34(32)48-4)51(45,46)31-17-19-35(49-5)36(23-31)50-6/h8-20,22-23,26,33H,7,21,24-25H2,1-6H3,(H,40,44)/t26-,33+/m0/s1. The lowest BCUT2D eigenvalue weighted by Crippen LogP contribution is -2.54. The number of nitrogens with one attached hydrogen (secondary N) is 1. The number of sulfonamides is 1. The molecule has 4 aromatic rings. The molecule has 1 N–H and O–H groups in total. The molecule has 4 aromatic carbocycles. The lowest BCUT2D eigenvalue weighted by Gasteiger charge is -2.34. The third kappa shape index (κ3) is 9.73. The zero-order valence-corrected chi connectivity index (χ0v) is 32.0. The molecular formula is C38H44BrN3O8S. The predicted molar refractivity (Wildman–Crippen MR) is 200 cm³/mol. The van der Waals surface area contributed by atoms with Crippen molar-refractivity contribution < 1.29 is 37.0 Å². The first-order valence-electron chi connectivity index (χ1n) is 16.3. The van der Waals surface area contributed by atoms with Crippen molar-refractivity contribution in [1.29, 1.82) is 0 Å². The van der Waals surface area contributed by atoms with E-state index in [1.165, 1.54) is 57.6 Å². The molecule has 11 nitrogen and oxygen atoms in total. The Bertz CT molecular complexity index is 1910. The molecule has 0 aliphatic heterocycles. The Morgan fingerprint density at radius 1 is 0.784 bits per heavy atom. The molecule has 0 saturated heterocycles. The molecule has 0 unspecified atom stereocenters. The summed E-state index contributed by atoms with van der Waals surface area (Å²) in [6, 6.07) is 24.5. The number of amides is 2. The number of methoxy groups -OCH3 is 4. The SMILES string of the molecule is CC[C@H](C)NC(=O)[C@@H](Cc1ccccc1)N(Cc1cccc(Br)c1)C(=O)CN(c1cc(OC)ccc1OC)S(=O)(=O)c1ccc(OC)c(OC)c1. The van der Waals surface area contributed by atoms with Gasteiger partial charge in [-0.25, -0.2) is 8.42 Å². The number of anilines is 1. The molecule has 0 aromatic heterocycles. The van der Waals surface area contributed by atoms with Gasteiger partial charge in [0.1, 0.15) is 24.1 Å². The summed E-state index contributed by atoms with van der Waals surface area (Å²) in [6.07, 6.45) is 0.865. The van der Waals surface area contributed by atoms with Gasteiger partial charge in [0.2, 0.25) is 11.8 Å². The second-order valence-corrected chi connectivity index (χ2v) is 14.5. The van der Waals surface area contributed by atoms with Crippen LogP contribution >= 0.6 is 15.9 Å². The third-order valence-electron chi connectivity index (χ3n) is 8.39. The predicted octanol–water partition coefficient (Wildman–Crippen LogP) is 6.23. The summed E-state index contributed by atoms with van der Waals surface area (Å²) in [5.41, 5.74) is 1.63. The topological polar surface area (TPSA) is 124 Å². The van der Waals surface area contributed by atoms with Gasteiger partial charge in [-0.2, -0.15) is 0 Å². The monoisotopic (exact) mass is 781 g/mol. The molecule has 0 saturated carbocycles. The van der Waals surface area contributed by atoms with E-state index in [0.717, 1.165) is 19.9 Å². The van der Waals surface area contributed by atoms with Gasteiger partial charge in [-0.15, -0.1) is 0 Å². The van der Waals surface area contributed by atoms with Gasteiger partial charge >= 0.3 is 0 Å². The lowest BCUT2D eigenvalue weighted by molar-refractivity contribution is -0.140. The van der Waals surface area contributed by atoms with Gasteiger partial charge in [-0.1, -0.05) is 65.3 Å². The number of benzene rings is 4. The van der Waals surface area contributed by atoms with Gasteiger partial charge in [0, 0.05) is 35.6 Å². The van der Waals surface area contributed by atoms with Crippen LogP contribution in [0.3, 0.4) is 0 Å². The minimum Gasteiger partial charge on any atom is -0.497 e. The molecule has 272 valence electrons. The Morgan fingerprint density at radius 2 is 1.45 bits per heavy atom. The van der Waals surface area contributed by atoms with Crippen molar-refractivity contribution in [1.82, 2.24) is 10.2 Å². The van der Waals surface area contributed by atoms with E-state index in [-0.39, 0.29) is 47.0 Å². The summed E-state index contributed by atoms with van der Waals surface area (Å²) in [4.78, 5) is 30.3. The van der Waals surface area contributed by atoms with E-state index in [1.807, 2.05) is 68.4 Å². The molecule has 51 heavy (non-hydrogen) atoms. The molecule has 0 aliphatic carbocycles. The van der Waals surface area contributed by atoms with Crippen LogP contribution in [0, 0.1) is 0 Å². The van der Waals surface area contributed by atoms with E-state index in [9.17, 15) is 18.0 Å². The fraction of sp³-hybridized carbons (Fsp3) is 0.316. The van der Waals surface area contributed by atoms with E-state index in [4.69, 9.17) is 18.9 Å². The normalized spacial score (nSPS) is 12.3. The van der Waals surface area contributed by atoms with Gasteiger partial charge < -0.3 is 29.2 Å². The van der Waals surface area contributed by atoms with Crippen LogP contribution in [0.25, 0.3) is 0 Å². The molecule has 0 radical (unpaired) electrons.